The fraction of sp³-hybridized carbons (Fsp3) is 0.318. The van der Waals surface area contributed by atoms with Crippen LogP contribution < -0.4 is 20.0 Å². The van der Waals surface area contributed by atoms with E-state index in [9.17, 15) is 14.4 Å². The van der Waals surface area contributed by atoms with Crippen molar-refractivity contribution in [2.75, 3.05) is 29.5 Å². The molecule has 0 radical (unpaired) electrons. The smallest absolute Gasteiger partial charge is 0.271 e. The third-order valence-corrected chi connectivity index (χ3v) is 6.22. The molecule has 0 bridgehead atoms. The number of anilines is 2. The number of amidine groups is 1. The topological polar surface area (TPSA) is 81.0 Å². The predicted molar refractivity (Wildman–Crippen MR) is 118 cm³/mol. The zero-order chi connectivity index (χ0) is 21.5. The Balaban J connectivity index is 1.65. The normalized spacial score (nSPS) is 20.2. The van der Waals surface area contributed by atoms with Crippen molar-refractivity contribution in [2.24, 2.45) is 5.10 Å². The van der Waals surface area contributed by atoms with Crippen LogP contribution in [-0.2, 0) is 4.79 Å². The summed E-state index contributed by atoms with van der Waals surface area (Å²) in [5.74, 6) is 3.08. The fourth-order valence-electron chi connectivity index (χ4n) is 4.47. The minimum atomic E-state index is -0.438. The zero-order valence-electron chi connectivity index (χ0n) is 17.1. The van der Waals surface area contributed by atoms with Gasteiger partial charge >= 0.3 is 0 Å². The van der Waals surface area contributed by atoms with Gasteiger partial charge in [-0.05, 0) is 37.8 Å². The van der Waals surface area contributed by atoms with Crippen molar-refractivity contribution in [3.8, 4) is 22.8 Å². The van der Waals surface area contributed by atoms with Gasteiger partial charge in [-0.25, -0.2) is 15.1 Å². The first-order valence-corrected chi connectivity index (χ1v) is 10.4. The lowest BCUT2D eigenvalue weighted by molar-refractivity contribution is -0.122. The summed E-state index contributed by atoms with van der Waals surface area (Å²) in [6.07, 6.45) is 1.52. The van der Waals surface area contributed by atoms with Crippen LogP contribution in [0.5, 0.6) is 5.75 Å². The van der Waals surface area contributed by atoms with Crippen LogP contribution in [-0.4, -0.2) is 44.2 Å². The van der Waals surface area contributed by atoms with E-state index in [4.69, 9.17) is 4.74 Å². The lowest BCUT2D eigenvalue weighted by atomic mass is 9.45. The van der Waals surface area contributed by atoms with Crippen LogP contribution in [0.4, 0.5) is 15.8 Å². The third-order valence-electron chi connectivity index (χ3n) is 6.22. The van der Waals surface area contributed by atoms with Crippen LogP contribution in [0.1, 0.15) is 6.92 Å². The van der Waals surface area contributed by atoms with Crippen LogP contribution in [0.15, 0.2) is 41.5 Å². The number of amides is 1. The van der Waals surface area contributed by atoms with Crippen LogP contribution in [0, 0.1) is 17.0 Å². The quantitative estimate of drug-likeness (QED) is 0.761. The molecule has 31 heavy (non-hydrogen) atoms. The Hall–Kier alpha value is -3.54. The molecule has 0 aromatic heterocycles. The Kier molecular flexibility index (Phi) is 4.77. The number of benzene rings is 2. The Morgan fingerprint density at radius 1 is 1.23 bits per heavy atom. The second-order valence-electron chi connectivity index (χ2n) is 8.05. The van der Waals surface area contributed by atoms with Crippen LogP contribution in [0.25, 0.3) is 11.1 Å². The van der Waals surface area contributed by atoms with Crippen molar-refractivity contribution in [3.05, 3.63) is 42.2 Å². The maximum Gasteiger partial charge on any atom is 0.271 e. The van der Waals surface area contributed by atoms with Gasteiger partial charge < -0.3 is 14.5 Å². The van der Waals surface area contributed by atoms with Gasteiger partial charge in [0.1, 0.15) is 24.2 Å². The monoisotopic (exact) mass is 417 g/mol. The van der Waals surface area contributed by atoms with Gasteiger partial charge in [0.15, 0.2) is 5.84 Å². The van der Waals surface area contributed by atoms with Crippen LogP contribution in [0.3, 0.4) is 0 Å². The van der Waals surface area contributed by atoms with Gasteiger partial charge in [0.25, 0.3) is 12.6 Å². The molecule has 1 fully saturated rings. The largest absolute Gasteiger partial charge is 0.483 e. The molecule has 0 spiro atoms. The molecule has 1 atom stereocenters. The van der Waals surface area contributed by atoms with Gasteiger partial charge in [0.2, 0.25) is 0 Å². The minimum Gasteiger partial charge on any atom is -0.483 e. The number of ether oxygens (including phenoxy) is 1. The first-order valence-electron chi connectivity index (χ1n) is 10.4. The van der Waals surface area contributed by atoms with Crippen LogP contribution >= 0.6 is 0 Å². The van der Waals surface area contributed by atoms with E-state index < -0.39 is 6.04 Å². The second kappa shape index (κ2) is 7.62. The SMILES string of the molecule is CC1C(=O)NN=C2COc3cc(-c4ccccc4F)c(N4CCB(C#N)CC4)cc3N21. The molecule has 5 rings (SSSR count). The minimum absolute atomic E-state index is 0.0404. The van der Waals surface area contributed by atoms with E-state index in [2.05, 4.69) is 21.4 Å². The van der Waals surface area contributed by atoms with Gasteiger partial charge in [-0.15, -0.1) is 0 Å². The molecule has 156 valence electrons. The maximum absolute atomic E-state index is 14.8. The highest BCUT2D eigenvalue weighted by Crippen LogP contribution is 2.44. The number of hydrazone groups is 1. The molecule has 1 amide bonds. The number of carbonyl (C=O) groups is 1. The molecule has 3 aliphatic heterocycles. The van der Waals surface area contributed by atoms with Crippen molar-refractivity contribution in [1.82, 2.24) is 5.43 Å². The van der Waals surface area contributed by atoms with E-state index in [1.807, 2.05) is 30.0 Å². The van der Waals surface area contributed by atoms with Gasteiger partial charge in [-0.1, -0.05) is 18.2 Å². The van der Waals surface area contributed by atoms with Gasteiger partial charge in [-0.2, -0.15) is 5.10 Å². The van der Waals surface area contributed by atoms with E-state index in [0.717, 1.165) is 29.6 Å². The number of nitriles is 1. The summed E-state index contributed by atoms with van der Waals surface area (Å²) in [7, 11) is 0. The van der Waals surface area contributed by atoms with Crippen molar-refractivity contribution in [3.63, 3.8) is 0 Å². The molecule has 2 aromatic rings. The Morgan fingerprint density at radius 3 is 2.74 bits per heavy atom. The highest BCUT2D eigenvalue weighted by molar-refractivity contribution is 6.67. The van der Waals surface area contributed by atoms with E-state index in [1.54, 1.807) is 12.1 Å². The average molecular weight is 417 g/mol. The number of hydrogen-bond donors (Lipinski definition) is 1. The van der Waals surface area contributed by atoms with Crippen molar-refractivity contribution < 1.29 is 13.9 Å². The number of hydrogen-bond acceptors (Lipinski definition) is 6. The summed E-state index contributed by atoms with van der Waals surface area (Å²) < 4.78 is 20.7. The predicted octanol–water partition coefficient (Wildman–Crippen LogP) is 2.90. The summed E-state index contributed by atoms with van der Waals surface area (Å²) in [6.45, 7) is 3.49. The van der Waals surface area contributed by atoms with Gasteiger partial charge in [-0.3, -0.25) is 4.79 Å². The molecular formula is C22H21BFN5O2. The maximum atomic E-state index is 14.8. The lowest BCUT2D eigenvalue weighted by Gasteiger charge is -2.40. The Morgan fingerprint density at radius 2 is 2.00 bits per heavy atom. The summed E-state index contributed by atoms with van der Waals surface area (Å²) in [5.41, 5.74) is 5.37. The molecule has 7 nitrogen and oxygen atoms in total. The molecule has 0 saturated carbocycles. The molecule has 0 aliphatic carbocycles. The summed E-state index contributed by atoms with van der Waals surface area (Å²) in [5, 5.41) is 13.4. The third kappa shape index (κ3) is 3.28. The molecule has 3 aliphatic rings. The van der Waals surface area contributed by atoms with E-state index in [-0.39, 0.29) is 25.0 Å². The number of halogens is 1. The highest BCUT2D eigenvalue weighted by Gasteiger charge is 2.36. The molecule has 9 heteroatoms. The Bertz CT molecular complexity index is 1120. The van der Waals surface area contributed by atoms with Crippen molar-refractivity contribution >= 4 is 29.8 Å². The molecule has 1 N–H and O–H groups in total. The first kappa shape index (κ1) is 19.4. The first-order chi connectivity index (χ1) is 15.1. The number of nitrogens with zero attached hydrogens (tertiary/aromatic N) is 4. The molecule has 1 saturated heterocycles. The lowest BCUT2D eigenvalue weighted by Crippen LogP contribution is -2.55. The molecule has 2 aromatic carbocycles. The number of rotatable bonds is 2. The van der Waals surface area contributed by atoms with Crippen LogP contribution in [0.2, 0.25) is 12.6 Å². The second-order valence-corrected chi connectivity index (χ2v) is 8.05. The standard InChI is InChI=1S/C22H21BFN5O2/c1-14-22(30)27-26-21-12-31-20-10-16(15-4-2-3-5-17(15)24)18(11-19(20)29(14)21)28-8-6-23(13-25)7-9-28/h2-5,10-11,14H,6-9,12H2,1H3,(H,27,30). The number of fused-ring (bicyclic) bond motifs is 3. The average Bonchev–Trinajstić information content (AvgIpc) is 2.81. The Labute approximate surface area is 180 Å². The van der Waals surface area contributed by atoms with E-state index in [1.165, 1.54) is 6.07 Å². The summed E-state index contributed by atoms with van der Waals surface area (Å²) in [4.78, 5) is 16.3. The van der Waals surface area contributed by atoms with Gasteiger partial charge in [0, 0.05) is 35.9 Å². The summed E-state index contributed by atoms with van der Waals surface area (Å²) >= 11 is 0. The van der Waals surface area contributed by atoms with E-state index in [0.29, 0.717) is 30.2 Å². The summed E-state index contributed by atoms with van der Waals surface area (Å²) in [6, 6.07) is 10.1. The highest BCUT2D eigenvalue weighted by atomic mass is 19.1. The molecular weight excluding hydrogens is 396 g/mol. The number of carbonyl (C=O) groups excluding carboxylic acids is 1. The van der Waals surface area contributed by atoms with E-state index >= 15 is 0 Å². The van der Waals surface area contributed by atoms with Crippen molar-refractivity contribution in [1.29, 1.82) is 5.26 Å². The zero-order valence-corrected chi connectivity index (χ0v) is 17.1. The van der Waals surface area contributed by atoms with Crippen molar-refractivity contribution in [2.45, 2.75) is 25.6 Å². The fourth-order valence-corrected chi connectivity index (χ4v) is 4.47. The van der Waals surface area contributed by atoms with Gasteiger partial charge in [0.05, 0.1) is 5.69 Å². The molecule has 1 unspecified atom stereocenters. The number of nitrogens with one attached hydrogen (secondary N) is 1. The molecule has 3 heterocycles.